The van der Waals surface area contributed by atoms with Crippen molar-refractivity contribution in [2.24, 2.45) is 0 Å². The van der Waals surface area contributed by atoms with E-state index in [0.29, 0.717) is 12.4 Å². The quantitative estimate of drug-likeness (QED) is 0.699. The molecule has 0 atom stereocenters. The normalized spacial score (nSPS) is 10.8. The second-order valence-corrected chi connectivity index (χ2v) is 5.51. The summed E-state index contributed by atoms with van der Waals surface area (Å²) < 4.78 is 21.1. The zero-order valence-corrected chi connectivity index (χ0v) is 13.5. The van der Waals surface area contributed by atoms with Gasteiger partial charge >= 0.3 is 0 Å². The van der Waals surface area contributed by atoms with Crippen molar-refractivity contribution in [1.29, 1.82) is 0 Å². The molecular weight excluding hydrogens is 291 g/mol. The van der Waals surface area contributed by atoms with Crippen molar-refractivity contribution in [1.82, 2.24) is 9.78 Å². The first-order valence-electron chi connectivity index (χ1n) is 7.64. The number of aryl methyl sites for hydroxylation is 2. The molecule has 0 aliphatic rings. The molecule has 3 rings (SSSR count). The molecule has 1 aromatic heterocycles. The van der Waals surface area contributed by atoms with Gasteiger partial charge in [-0.1, -0.05) is 12.1 Å². The molecule has 0 N–H and O–H groups in total. The van der Waals surface area contributed by atoms with Crippen LogP contribution in [0.5, 0.6) is 5.75 Å². The second kappa shape index (κ2) is 6.24. The van der Waals surface area contributed by atoms with Crippen molar-refractivity contribution in [2.45, 2.75) is 20.8 Å². The maximum Gasteiger partial charge on any atom is 0.127 e. The van der Waals surface area contributed by atoms with Crippen molar-refractivity contribution in [3.63, 3.8) is 0 Å². The summed E-state index contributed by atoms with van der Waals surface area (Å²) in [4.78, 5) is 0. The molecule has 4 heteroatoms. The molecule has 0 amide bonds. The lowest BCUT2D eigenvalue weighted by Gasteiger charge is -2.11. The van der Waals surface area contributed by atoms with Gasteiger partial charge in [0.05, 0.1) is 18.0 Å². The van der Waals surface area contributed by atoms with Crippen LogP contribution in [0.15, 0.2) is 48.7 Å². The summed E-state index contributed by atoms with van der Waals surface area (Å²) in [6.07, 6.45) is 1.93. The van der Waals surface area contributed by atoms with E-state index >= 15 is 0 Å². The van der Waals surface area contributed by atoms with Crippen LogP contribution in [0.4, 0.5) is 4.39 Å². The number of aromatic nitrogens is 2. The lowest BCUT2D eigenvalue weighted by atomic mass is 10.0. The maximum absolute atomic E-state index is 13.8. The second-order valence-electron chi connectivity index (χ2n) is 5.51. The van der Waals surface area contributed by atoms with E-state index in [9.17, 15) is 4.39 Å². The minimum absolute atomic E-state index is 0.303. The molecule has 0 aliphatic heterocycles. The fourth-order valence-corrected chi connectivity index (χ4v) is 2.56. The fraction of sp³-hybridized carbons (Fsp3) is 0.211. The van der Waals surface area contributed by atoms with Gasteiger partial charge in [-0.2, -0.15) is 5.10 Å². The van der Waals surface area contributed by atoms with E-state index < -0.39 is 0 Å². The fourth-order valence-electron chi connectivity index (χ4n) is 2.56. The summed E-state index contributed by atoms with van der Waals surface area (Å²) in [5, 5.41) is 4.46. The molecule has 1 heterocycles. The third-order valence-corrected chi connectivity index (χ3v) is 3.69. The summed E-state index contributed by atoms with van der Waals surface area (Å²) in [6, 6.07) is 12.8. The third-order valence-electron chi connectivity index (χ3n) is 3.69. The monoisotopic (exact) mass is 310 g/mol. The van der Waals surface area contributed by atoms with E-state index in [1.54, 1.807) is 0 Å². The van der Waals surface area contributed by atoms with Crippen LogP contribution in [0.2, 0.25) is 0 Å². The smallest absolute Gasteiger partial charge is 0.127 e. The molecule has 0 fully saturated rings. The Morgan fingerprint density at radius 1 is 1.04 bits per heavy atom. The molecule has 0 bridgehead atoms. The molecule has 3 aromatic rings. The molecule has 0 aliphatic carbocycles. The van der Waals surface area contributed by atoms with E-state index in [4.69, 9.17) is 4.74 Å². The highest BCUT2D eigenvalue weighted by Gasteiger charge is 2.08. The first-order valence-corrected chi connectivity index (χ1v) is 7.64. The molecule has 0 spiro atoms. The van der Waals surface area contributed by atoms with E-state index in [-0.39, 0.29) is 5.82 Å². The Balaban J connectivity index is 2.07. The molecule has 0 saturated carbocycles. The number of nitrogens with zero attached hydrogens (tertiary/aromatic N) is 2. The van der Waals surface area contributed by atoms with Gasteiger partial charge in [-0.3, -0.25) is 0 Å². The Morgan fingerprint density at radius 3 is 2.57 bits per heavy atom. The van der Waals surface area contributed by atoms with Crippen LogP contribution >= 0.6 is 0 Å². The summed E-state index contributed by atoms with van der Waals surface area (Å²) in [6.45, 7) is 6.38. The van der Waals surface area contributed by atoms with Crippen molar-refractivity contribution >= 4 is 0 Å². The summed E-state index contributed by atoms with van der Waals surface area (Å²) >= 11 is 0. The number of hydrogen-bond donors (Lipinski definition) is 0. The van der Waals surface area contributed by atoms with Crippen LogP contribution in [-0.4, -0.2) is 16.4 Å². The molecule has 118 valence electrons. The highest BCUT2D eigenvalue weighted by Crippen LogP contribution is 2.28. The van der Waals surface area contributed by atoms with Crippen LogP contribution in [0, 0.1) is 19.7 Å². The zero-order valence-electron chi connectivity index (χ0n) is 13.5. The minimum Gasteiger partial charge on any atom is -0.494 e. The zero-order chi connectivity index (χ0) is 16.4. The molecular formula is C19H19FN2O. The first kappa shape index (κ1) is 15.3. The highest BCUT2D eigenvalue weighted by atomic mass is 19.1. The SMILES string of the molecule is CCOc1cc(F)cc(-c2ccc(C)c(-n3ccc(C)n3)c2)c1. The number of halogens is 1. The van der Waals surface area contributed by atoms with Crippen LogP contribution in [0.1, 0.15) is 18.2 Å². The predicted octanol–water partition coefficient (Wildman–Crippen LogP) is 4.69. The number of ether oxygens (including phenoxy) is 1. The van der Waals surface area contributed by atoms with E-state index in [0.717, 1.165) is 28.1 Å². The summed E-state index contributed by atoms with van der Waals surface area (Å²) in [5.41, 5.74) is 4.77. The number of rotatable bonds is 4. The van der Waals surface area contributed by atoms with Crippen LogP contribution in [0.25, 0.3) is 16.8 Å². The average molecular weight is 310 g/mol. The standard InChI is InChI=1S/C19H19FN2O/c1-4-23-18-10-16(9-17(20)12-18)15-6-5-13(2)19(11-15)22-8-7-14(3)21-22/h5-12H,4H2,1-3H3. The van der Waals surface area contributed by atoms with Gasteiger partial charge in [0.25, 0.3) is 0 Å². The average Bonchev–Trinajstić information content (AvgIpc) is 2.94. The Bertz CT molecular complexity index is 839. The van der Waals surface area contributed by atoms with Crippen LogP contribution in [0.3, 0.4) is 0 Å². The van der Waals surface area contributed by atoms with Crippen molar-refractivity contribution in [3.05, 3.63) is 65.7 Å². The Morgan fingerprint density at radius 2 is 1.87 bits per heavy atom. The molecule has 0 radical (unpaired) electrons. The first-order chi connectivity index (χ1) is 11.1. The highest BCUT2D eigenvalue weighted by molar-refractivity contribution is 5.68. The van der Waals surface area contributed by atoms with Crippen LogP contribution in [-0.2, 0) is 0 Å². The summed E-state index contributed by atoms with van der Waals surface area (Å²) in [5.74, 6) is 0.238. The number of hydrogen-bond acceptors (Lipinski definition) is 2. The molecule has 0 saturated heterocycles. The summed E-state index contributed by atoms with van der Waals surface area (Å²) in [7, 11) is 0. The van der Waals surface area contributed by atoms with Gasteiger partial charge in [-0.05, 0) is 61.7 Å². The molecule has 2 aromatic carbocycles. The number of benzene rings is 2. The minimum atomic E-state index is -0.303. The van der Waals surface area contributed by atoms with Gasteiger partial charge in [-0.15, -0.1) is 0 Å². The van der Waals surface area contributed by atoms with Gasteiger partial charge in [-0.25, -0.2) is 9.07 Å². The van der Waals surface area contributed by atoms with Gasteiger partial charge in [0.1, 0.15) is 11.6 Å². The van der Waals surface area contributed by atoms with E-state index in [2.05, 4.69) is 5.10 Å². The largest absolute Gasteiger partial charge is 0.494 e. The van der Waals surface area contributed by atoms with Gasteiger partial charge in [0.15, 0.2) is 0 Å². The molecule has 23 heavy (non-hydrogen) atoms. The topological polar surface area (TPSA) is 27.1 Å². The molecule has 3 nitrogen and oxygen atoms in total. The Kier molecular flexibility index (Phi) is 4.15. The van der Waals surface area contributed by atoms with Crippen molar-refractivity contribution in [2.75, 3.05) is 6.61 Å². The Labute approximate surface area is 135 Å². The maximum atomic E-state index is 13.8. The van der Waals surface area contributed by atoms with Gasteiger partial charge < -0.3 is 4.74 Å². The van der Waals surface area contributed by atoms with E-state index in [1.807, 2.05) is 62.0 Å². The Hall–Kier alpha value is -2.62. The third kappa shape index (κ3) is 3.26. The molecule has 0 unspecified atom stereocenters. The predicted molar refractivity (Wildman–Crippen MR) is 89.6 cm³/mol. The van der Waals surface area contributed by atoms with E-state index in [1.165, 1.54) is 12.1 Å². The van der Waals surface area contributed by atoms with Crippen molar-refractivity contribution in [3.8, 4) is 22.6 Å². The van der Waals surface area contributed by atoms with Crippen LogP contribution < -0.4 is 4.74 Å². The lowest BCUT2D eigenvalue weighted by molar-refractivity contribution is 0.338. The van der Waals surface area contributed by atoms with Crippen molar-refractivity contribution < 1.29 is 9.13 Å². The van der Waals surface area contributed by atoms with Gasteiger partial charge in [0, 0.05) is 12.3 Å². The lowest BCUT2D eigenvalue weighted by Crippen LogP contribution is -1.99. The van der Waals surface area contributed by atoms with Gasteiger partial charge in [0.2, 0.25) is 0 Å².